The van der Waals surface area contributed by atoms with E-state index in [0.29, 0.717) is 28.8 Å². The molecule has 0 atom stereocenters. The first-order valence-corrected chi connectivity index (χ1v) is 9.38. The molecule has 0 unspecified atom stereocenters. The van der Waals surface area contributed by atoms with Crippen LogP contribution in [0.4, 0.5) is 13.2 Å². The zero-order valence-corrected chi connectivity index (χ0v) is 15.9. The Kier molecular flexibility index (Phi) is 6.08. The van der Waals surface area contributed by atoms with Crippen LogP contribution in [0.25, 0.3) is 11.4 Å². The molecule has 0 N–H and O–H groups in total. The molecule has 146 valence electrons. The first kappa shape index (κ1) is 20.0. The van der Waals surface area contributed by atoms with E-state index in [4.69, 9.17) is 4.74 Å². The number of benzene rings is 2. The number of aromatic nitrogens is 3. The zero-order chi connectivity index (χ0) is 20.1. The van der Waals surface area contributed by atoms with Crippen molar-refractivity contribution in [1.29, 1.82) is 0 Å². The Morgan fingerprint density at radius 3 is 2.54 bits per heavy atom. The Bertz CT molecular complexity index is 952. The van der Waals surface area contributed by atoms with E-state index < -0.39 is 11.7 Å². The van der Waals surface area contributed by atoms with Crippen molar-refractivity contribution >= 4 is 11.8 Å². The van der Waals surface area contributed by atoms with Gasteiger partial charge in [0.15, 0.2) is 11.0 Å². The van der Waals surface area contributed by atoms with E-state index >= 15 is 0 Å². The summed E-state index contributed by atoms with van der Waals surface area (Å²) < 4.78 is 45.7. The number of nitrogens with zero attached hydrogens (tertiary/aromatic N) is 3. The minimum absolute atomic E-state index is 0.349. The van der Waals surface area contributed by atoms with Gasteiger partial charge in [-0.05, 0) is 35.9 Å². The molecule has 0 saturated heterocycles. The molecular weight excluding hydrogens is 387 g/mol. The van der Waals surface area contributed by atoms with Gasteiger partial charge in [-0.2, -0.15) is 13.2 Å². The quantitative estimate of drug-likeness (QED) is 0.387. The van der Waals surface area contributed by atoms with Crippen LogP contribution in [0.1, 0.15) is 11.1 Å². The third-order valence-electron chi connectivity index (χ3n) is 4.00. The van der Waals surface area contributed by atoms with E-state index in [2.05, 4.69) is 16.8 Å². The maximum absolute atomic E-state index is 12.9. The van der Waals surface area contributed by atoms with Gasteiger partial charge in [-0.3, -0.25) is 4.57 Å². The van der Waals surface area contributed by atoms with Crippen LogP contribution in [0.2, 0.25) is 0 Å². The molecule has 0 spiro atoms. The second-order valence-electron chi connectivity index (χ2n) is 5.92. The largest absolute Gasteiger partial charge is 0.497 e. The van der Waals surface area contributed by atoms with Gasteiger partial charge >= 0.3 is 6.18 Å². The number of hydrogen-bond donors (Lipinski definition) is 0. The standard InChI is InChI=1S/C20H18F3N3OS/c1-3-11-26-18(15-7-9-17(27-2)10-8-15)24-25-19(26)28-13-14-5-4-6-16(12-14)20(21,22)23/h3-10,12H,1,11,13H2,2H3. The molecule has 0 aliphatic rings. The number of halogens is 3. The molecule has 8 heteroatoms. The van der Waals surface area contributed by atoms with Gasteiger partial charge in [0, 0.05) is 17.9 Å². The third kappa shape index (κ3) is 4.56. The fourth-order valence-corrected chi connectivity index (χ4v) is 3.52. The molecule has 3 aromatic rings. The van der Waals surface area contributed by atoms with Crippen LogP contribution in [-0.4, -0.2) is 21.9 Å². The minimum Gasteiger partial charge on any atom is -0.497 e. The average Bonchev–Trinajstić information content (AvgIpc) is 3.09. The normalized spacial score (nSPS) is 11.4. The lowest BCUT2D eigenvalue weighted by Gasteiger charge is -2.10. The predicted octanol–water partition coefficient (Wildman–Crippen LogP) is 5.45. The highest BCUT2D eigenvalue weighted by atomic mass is 32.2. The Labute approximate surface area is 165 Å². The Morgan fingerprint density at radius 1 is 1.14 bits per heavy atom. The maximum Gasteiger partial charge on any atom is 0.416 e. The van der Waals surface area contributed by atoms with Gasteiger partial charge in [0.05, 0.1) is 12.7 Å². The third-order valence-corrected chi connectivity index (χ3v) is 5.04. The molecule has 0 radical (unpaired) electrons. The van der Waals surface area contributed by atoms with Gasteiger partial charge in [-0.1, -0.05) is 36.0 Å². The van der Waals surface area contributed by atoms with E-state index in [0.717, 1.165) is 23.4 Å². The topological polar surface area (TPSA) is 39.9 Å². The summed E-state index contributed by atoms with van der Waals surface area (Å²) in [6.07, 6.45) is -2.63. The van der Waals surface area contributed by atoms with Crippen LogP contribution >= 0.6 is 11.8 Å². The molecule has 0 amide bonds. The highest BCUT2D eigenvalue weighted by Gasteiger charge is 2.30. The number of hydrogen-bond acceptors (Lipinski definition) is 4. The van der Waals surface area contributed by atoms with Crippen molar-refractivity contribution in [1.82, 2.24) is 14.8 Å². The van der Waals surface area contributed by atoms with Crippen molar-refractivity contribution in [3.05, 3.63) is 72.3 Å². The number of alkyl halides is 3. The molecule has 0 saturated carbocycles. The van der Waals surface area contributed by atoms with Crippen LogP contribution in [0.5, 0.6) is 5.75 Å². The van der Waals surface area contributed by atoms with Gasteiger partial charge in [0.25, 0.3) is 0 Å². The summed E-state index contributed by atoms with van der Waals surface area (Å²) in [6.45, 7) is 4.25. The Hall–Kier alpha value is -2.74. The summed E-state index contributed by atoms with van der Waals surface area (Å²) in [5, 5.41) is 9.08. The molecule has 2 aromatic carbocycles. The van der Waals surface area contributed by atoms with Gasteiger partial charge in [0.2, 0.25) is 0 Å². The molecule has 3 rings (SSSR count). The average molecular weight is 405 g/mol. The summed E-state index contributed by atoms with van der Waals surface area (Å²) in [6, 6.07) is 12.7. The van der Waals surface area contributed by atoms with E-state index in [1.54, 1.807) is 19.3 Å². The molecular formula is C20H18F3N3OS. The smallest absolute Gasteiger partial charge is 0.416 e. The van der Waals surface area contributed by atoms with E-state index in [-0.39, 0.29) is 0 Å². The lowest BCUT2D eigenvalue weighted by Crippen LogP contribution is -2.05. The van der Waals surface area contributed by atoms with Crippen molar-refractivity contribution in [2.75, 3.05) is 7.11 Å². The SMILES string of the molecule is C=CCn1c(SCc2cccc(C(F)(F)F)c2)nnc1-c1ccc(OC)cc1. The summed E-state index contributed by atoms with van der Waals surface area (Å²) in [4.78, 5) is 0. The molecule has 0 aliphatic carbocycles. The lowest BCUT2D eigenvalue weighted by atomic mass is 10.1. The van der Waals surface area contributed by atoms with Crippen LogP contribution in [-0.2, 0) is 18.5 Å². The summed E-state index contributed by atoms with van der Waals surface area (Å²) in [7, 11) is 1.59. The maximum atomic E-state index is 12.9. The fraction of sp³-hybridized carbons (Fsp3) is 0.200. The highest BCUT2D eigenvalue weighted by molar-refractivity contribution is 7.98. The van der Waals surface area contributed by atoms with Crippen molar-refractivity contribution < 1.29 is 17.9 Å². The van der Waals surface area contributed by atoms with Crippen LogP contribution in [0.15, 0.2) is 66.3 Å². The minimum atomic E-state index is -4.36. The summed E-state index contributed by atoms with van der Waals surface area (Å²) in [5.41, 5.74) is 0.775. The highest BCUT2D eigenvalue weighted by Crippen LogP contribution is 2.32. The van der Waals surface area contributed by atoms with Crippen LogP contribution in [0.3, 0.4) is 0 Å². The summed E-state index contributed by atoms with van der Waals surface area (Å²) >= 11 is 1.33. The van der Waals surface area contributed by atoms with Crippen molar-refractivity contribution in [2.24, 2.45) is 0 Å². The molecule has 0 aliphatic heterocycles. The second kappa shape index (κ2) is 8.52. The Balaban J connectivity index is 1.82. The van der Waals surface area contributed by atoms with Crippen LogP contribution in [0, 0.1) is 0 Å². The van der Waals surface area contributed by atoms with Gasteiger partial charge in [-0.15, -0.1) is 16.8 Å². The van der Waals surface area contributed by atoms with E-state index in [9.17, 15) is 13.2 Å². The molecule has 1 aromatic heterocycles. The fourth-order valence-electron chi connectivity index (χ4n) is 2.63. The van der Waals surface area contributed by atoms with E-state index in [1.807, 2.05) is 28.8 Å². The first-order valence-electron chi connectivity index (χ1n) is 8.40. The number of ether oxygens (including phenoxy) is 1. The predicted molar refractivity (Wildman–Crippen MR) is 103 cm³/mol. The van der Waals surface area contributed by atoms with Crippen molar-refractivity contribution in [3.63, 3.8) is 0 Å². The van der Waals surface area contributed by atoms with E-state index in [1.165, 1.54) is 17.8 Å². The Morgan fingerprint density at radius 2 is 1.89 bits per heavy atom. The molecule has 4 nitrogen and oxygen atoms in total. The van der Waals surface area contributed by atoms with Crippen LogP contribution < -0.4 is 4.74 Å². The number of methoxy groups -OCH3 is 1. The first-order chi connectivity index (χ1) is 13.4. The molecule has 0 bridgehead atoms. The number of rotatable bonds is 7. The zero-order valence-electron chi connectivity index (χ0n) is 15.1. The van der Waals surface area contributed by atoms with Crippen molar-refractivity contribution in [3.8, 4) is 17.1 Å². The van der Waals surface area contributed by atoms with Crippen molar-refractivity contribution in [2.45, 2.75) is 23.6 Å². The second-order valence-corrected chi connectivity index (χ2v) is 6.86. The molecule has 28 heavy (non-hydrogen) atoms. The monoisotopic (exact) mass is 405 g/mol. The lowest BCUT2D eigenvalue weighted by molar-refractivity contribution is -0.137. The number of thioether (sulfide) groups is 1. The van der Waals surface area contributed by atoms with Gasteiger partial charge in [0.1, 0.15) is 5.75 Å². The summed E-state index contributed by atoms with van der Waals surface area (Å²) in [5.74, 6) is 1.74. The molecule has 0 fully saturated rings. The van der Waals surface area contributed by atoms with Gasteiger partial charge in [-0.25, -0.2) is 0 Å². The number of allylic oxidation sites excluding steroid dienone is 1. The van der Waals surface area contributed by atoms with Gasteiger partial charge < -0.3 is 4.74 Å². The molecule has 1 heterocycles.